The molecule has 1 unspecified atom stereocenters. The quantitative estimate of drug-likeness (QED) is 0.0367. The van der Waals surface area contributed by atoms with Gasteiger partial charge in [0.15, 0.2) is 0 Å². The van der Waals surface area contributed by atoms with Crippen molar-refractivity contribution in [2.75, 3.05) is 39.5 Å². The van der Waals surface area contributed by atoms with Gasteiger partial charge in [0.2, 0.25) is 0 Å². The summed E-state index contributed by atoms with van der Waals surface area (Å²) in [5.74, 6) is -0.0726. The number of esters is 1. The second-order valence-corrected chi connectivity index (χ2v) is 14.9. The minimum absolute atomic E-state index is 0.0474. The van der Waals surface area contributed by atoms with Gasteiger partial charge in [0.05, 0.1) is 13.2 Å². The lowest BCUT2D eigenvalue weighted by atomic mass is 10.0. The summed E-state index contributed by atoms with van der Waals surface area (Å²) in [5, 5.41) is 9.47. The lowest BCUT2D eigenvalue weighted by Gasteiger charge is -2.26. The molecule has 49 heavy (non-hydrogen) atoms. The molecule has 0 aromatic carbocycles. The van der Waals surface area contributed by atoms with Crippen LogP contribution in [0.4, 0.5) is 4.79 Å². The highest BCUT2D eigenvalue weighted by Crippen LogP contribution is 2.19. The highest BCUT2D eigenvalue weighted by Gasteiger charge is 2.17. The van der Waals surface area contributed by atoms with Gasteiger partial charge in [0.25, 0.3) is 0 Å². The Balaban J connectivity index is 4.33. The molecule has 0 saturated carbocycles. The number of aliphatic hydroxyl groups is 1. The van der Waals surface area contributed by atoms with Gasteiger partial charge in [-0.1, -0.05) is 117 Å². The average molecular weight is 718 g/mol. The normalized spacial score (nSPS) is 12.1. The number of carbonyl (C=O) groups excluding carboxylic acids is 2. The average Bonchev–Trinajstić information content (AvgIpc) is 3.10. The predicted octanol–water partition coefficient (Wildman–Crippen LogP) is 11.5. The summed E-state index contributed by atoms with van der Waals surface area (Å²) in [6, 6.07) is 0. The number of rotatable bonds is 38. The summed E-state index contributed by atoms with van der Waals surface area (Å²) in [6.45, 7) is 10.2. The van der Waals surface area contributed by atoms with Crippen LogP contribution in [0.3, 0.4) is 0 Å². The highest BCUT2D eigenvalue weighted by atomic mass is 32.2. The molecule has 2 N–H and O–H groups in total. The molecule has 0 heterocycles. The largest absolute Gasteiger partial charge is 0.508 e. The third-order valence-corrected chi connectivity index (χ3v) is 9.96. The fourth-order valence-corrected chi connectivity index (χ4v) is 6.72. The van der Waals surface area contributed by atoms with Gasteiger partial charge in [-0.2, -0.15) is 0 Å². The Morgan fingerprint density at radius 1 is 0.592 bits per heavy atom. The molecule has 0 aromatic rings. The zero-order valence-corrected chi connectivity index (χ0v) is 33.1. The molecule has 8 nitrogen and oxygen atoms in total. The Morgan fingerprint density at radius 2 is 1.08 bits per heavy atom. The third-order valence-electron chi connectivity index (χ3n) is 9.27. The van der Waals surface area contributed by atoms with Crippen molar-refractivity contribution in [1.82, 2.24) is 4.90 Å². The Bertz CT molecular complexity index is 698. The zero-order chi connectivity index (χ0) is 36.0. The summed E-state index contributed by atoms with van der Waals surface area (Å²) in [5.41, 5.74) is 0. The fraction of sp³-hybridized carbons (Fsp3) is 0.950. The van der Waals surface area contributed by atoms with Crippen molar-refractivity contribution in [3.05, 3.63) is 0 Å². The summed E-state index contributed by atoms with van der Waals surface area (Å²) in [7, 11) is 0. The molecule has 0 aliphatic carbocycles. The topological polar surface area (TPSA) is 106 Å². The van der Waals surface area contributed by atoms with Crippen molar-refractivity contribution in [3.63, 3.8) is 0 Å². The van der Waals surface area contributed by atoms with Crippen LogP contribution in [-0.2, 0) is 19.0 Å². The van der Waals surface area contributed by atoms with Crippen molar-refractivity contribution in [3.8, 4) is 0 Å². The van der Waals surface area contributed by atoms with Crippen LogP contribution >= 0.6 is 12.0 Å². The van der Waals surface area contributed by atoms with E-state index in [-0.39, 0.29) is 23.9 Å². The molecule has 0 aromatic heterocycles. The van der Waals surface area contributed by atoms with Crippen LogP contribution in [0.5, 0.6) is 0 Å². The maximum Gasteiger partial charge on any atom is 0.508 e. The van der Waals surface area contributed by atoms with E-state index in [9.17, 15) is 19.2 Å². The van der Waals surface area contributed by atoms with E-state index in [2.05, 4.69) is 25.7 Å². The van der Waals surface area contributed by atoms with Crippen LogP contribution in [-0.4, -0.2) is 77.5 Å². The van der Waals surface area contributed by atoms with E-state index < -0.39 is 6.16 Å². The lowest BCUT2D eigenvalue weighted by molar-refractivity contribution is -0.143. The van der Waals surface area contributed by atoms with E-state index in [1.54, 1.807) is 0 Å². The standard InChI is InChI=1S/C40H79NO7S/c1-4-7-10-12-15-19-27-37(28-20-16-13-11-8-5-2)48-40(44)47-35-25-22-29-38(49-45)36-41(32-26-33-42)31-23-18-14-17-21-30-39(43)46-34-24-9-6-3/h37-38,42,45H,4-36H2,1-3H3. The van der Waals surface area contributed by atoms with Crippen LogP contribution < -0.4 is 0 Å². The molecular formula is C40H79NO7S. The monoisotopic (exact) mass is 718 g/mol. The van der Waals surface area contributed by atoms with Gasteiger partial charge in [0, 0.05) is 31.4 Å². The SMILES string of the molecule is CCCCCCCCC(CCCCCCCC)OC(=O)OCCCCC(CN(CCCO)CCCCCCCC(=O)OCCCCC)SO. The Hall–Kier alpha value is -1.03. The number of unbranched alkanes of at least 4 members (excludes halogenated alkanes) is 17. The van der Waals surface area contributed by atoms with E-state index in [0.29, 0.717) is 19.6 Å². The molecular weight excluding hydrogens is 639 g/mol. The van der Waals surface area contributed by atoms with Gasteiger partial charge in [-0.05, 0) is 89.2 Å². The molecule has 0 aliphatic rings. The van der Waals surface area contributed by atoms with E-state index in [4.69, 9.17) is 14.2 Å². The smallest absolute Gasteiger partial charge is 0.466 e. The Kier molecular flexibility index (Phi) is 37.4. The van der Waals surface area contributed by atoms with Gasteiger partial charge in [-0.3, -0.25) is 4.79 Å². The highest BCUT2D eigenvalue weighted by molar-refractivity contribution is 7.94. The minimum Gasteiger partial charge on any atom is -0.466 e. The molecule has 0 rings (SSSR count). The number of ether oxygens (including phenoxy) is 3. The zero-order valence-electron chi connectivity index (χ0n) is 32.3. The number of nitrogens with zero attached hydrogens (tertiary/aromatic N) is 1. The van der Waals surface area contributed by atoms with Crippen LogP contribution in [0.2, 0.25) is 0 Å². The molecule has 0 aliphatic heterocycles. The number of carbonyl (C=O) groups is 2. The molecule has 0 radical (unpaired) electrons. The minimum atomic E-state index is -0.535. The Morgan fingerprint density at radius 3 is 1.69 bits per heavy atom. The molecule has 0 saturated heterocycles. The van der Waals surface area contributed by atoms with Gasteiger partial charge < -0.3 is 28.8 Å². The fourth-order valence-electron chi connectivity index (χ4n) is 6.17. The summed E-state index contributed by atoms with van der Waals surface area (Å²) < 4.78 is 26.6. The maximum atomic E-state index is 12.5. The van der Waals surface area contributed by atoms with Crippen molar-refractivity contribution < 1.29 is 33.5 Å². The second kappa shape index (κ2) is 38.2. The molecule has 0 spiro atoms. The summed E-state index contributed by atoms with van der Waals surface area (Å²) in [4.78, 5) is 26.7. The number of aliphatic hydroxyl groups excluding tert-OH is 1. The lowest BCUT2D eigenvalue weighted by Crippen LogP contribution is -2.33. The molecule has 0 bridgehead atoms. The van der Waals surface area contributed by atoms with Crippen LogP contribution in [0.1, 0.15) is 194 Å². The first kappa shape index (κ1) is 48.0. The molecule has 1 atom stereocenters. The van der Waals surface area contributed by atoms with E-state index in [0.717, 1.165) is 134 Å². The van der Waals surface area contributed by atoms with Crippen molar-refractivity contribution >= 4 is 24.2 Å². The van der Waals surface area contributed by atoms with Gasteiger partial charge >= 0.3 is 12.1 Å². The van der Waals surface area contributed by atoms with Gasteiger partial charge in [-0.15, -0.1) is 0 Å². The third kappa shape index (κ3) is 33.9. The van der Waals surface area contributed by atoms with E-state index in [1.165, 1.54) is 64.2 Å². The summed E-state index contributed by atoms with van der Waals surface area (Å²) in [6.07, 6.45) is 28.1. The predicted molar refractivity (Wildman–Crippen MR) is 206 cm³/mol. The van der Waals surface area contributed by atoms with Crippen molar-refractivity contribution in [1.29, 1.82) is 0 Å². The molecule has 292 valence electrons. The van der Waals surface area contributed by atoms with Crippen molar-refractivity contribution in [2.24, 2.45) is 0 Å². The first-order valence-electron chi connectivity index (χ1n) is 20.6. The number of hydrogen-bond donors (Lipinski definition) is 2. The van der Waals surface area contributed by atoms with Crippen LogP contribution in [0.25, 0.3) is 0 Å². The van der Waals surface area contributed by atoms with Crippen LogP contribution in [0, 0.1) is 0 Å². The molecule has 0 fully saturated rings. The first-order valence-corrected chi connectivity index (χ1v) is 21.5. The van der Waals surface area contributed by atoms with Gasteiger partial charge in [-0.25, -0.2) is 4.79 Å². The number of hydrogen-bond acceptors (Lipinski definition) is 9. The first-order chi connectivity index (χ1) is 24.0. The second-order valence-electron chi connectivity index (χ2n) is 14.0. The maximum absolute atomic E-state index is 12.5. The molecule has 9 heteroatoms. The summed E-state index contributed by atoms with van der Waals surface area (Å²) >= 11 is 0.912. The van der Waals surface area contributed by atoms with Gasteiger partial charge in [0.1, 0.15) is 6.10 Å². The molecule has 0 amide bonds. The van der Waals surface area contributed by atoms with Crippen LogP contribution in [0.15, 0.2) is 0 Å². The van der Waals surface area contributed by atoms with Crippen molar-refractivity contribution in [2.45, 2.75) is 205 Å². The van der Waals surface area contributed by atoms with E-state index >= 15 is 0 Å². The Labute approximate surface area is 306 Å². The van der Waals surface area contributed by atoms with E-state index in [1.807, 2.05) is 0 Å².